The Morgan fingerprint density at radius 2 is 2.07 bits per heavy atom. The molecule has 0 saturated carbocycles. The minimum atomic E-state index is -0.639. The van der Waals surface area contributed by atoms with Crippen LogP contribution >= 0.6 is 27.5 Å². The zero-order valence-corrected chi connectivity index (χ0v) is 18.7. The summed E-state index contributed by atoms with van der Waals surface area (Å²) in [5, 5.41) is 23.2. The molecule has 0 bridgehead atoms. The normalized spacial score (nSPS) is 11.9. The molecule has 30 heavy (non-hydrogen) atoms. The molecule has 10 heteroatoms. The molecule has 2 N–H and O–H groups in total. The van der Waals surface area contributed by atoms with Gasteiger partial charge in [0.05, 0.1) is 25.8 Å². The third kappa shape index (κ3) is 5.24. The van der Waals surface area contributed by atoms with Crippen molar-refractivity contribution < 1.29 is 19.6 Å². The molecule has 0 unspecified atom stereocenters. The second-order valence-electron chi connectivity index (χ2n) is 6.75. The van der Waals surface area contributed by atoms with Gasteiger partial charge in [-0.1, -0.05) is 50.9 Å². The fraction of sp³-hybridized carbons (Fsp3) is 0.200. The van der Waals surface area contributed by atoms with Gasteiger partial charge in [-0.25, -0.2) is 0 Å². The molecule has 2 aromatic carbocycles. The third-order valence-electron chi connectivity index (χ3n) is 4.07. The minimum Gasteiger partial charge on any atom is -0.493 e. The lowest BCUT2D eigenvalue weighted by Gasteiger charge is -2.10. The largest absolute Gasteiger partial charge is 0.493 e. The van der Waals surface area contributed by atoms with Crippen LogP contribution in [0.15, 0.2) is 62.3 Å². The van der Waals surface area contributed by atoms with Crippen molar-refractivity contribution in [3.8, 4) is 5.88 Å². The summed E-state index contributed by atoms with van der Waals surface area (Å²) in [6.07, 6.45) is 1.41. The van der Waals surface area contributed by atoms with Gasteiger partial charge < -0.3 is 14.8 Å². The predicted octanol–water partition coefficient (Wildman–Crippen LogP) is 3.53. The number of nitrogens with zero attached hydrogens (tertiary/aromatic N) is 4. The van der Waals surface area contributed by atoms with E-state index in [0.717, 1.165) is 14.9 Å². The molecular weight excluding hydrogens is 474 g/mol. The van der Waals surface area contributed by atoms with Crippen molar-refractivity contribution in [2.24, 2.45) is 15.4 Å². The molecule has 156 valence electrons. The van der Waals surface area contributed by atoms with Crippen LogP contribution in [0.2, 0.25) is 5.02 Å². The maximum atomic E-state index is 12.0. The summed E-state index contributed by atoms with van der Waals surface area (Å²) in [7, 11) is 3.94. The van der Waals surface area contributed by atoms with E-state index >= 15 is 0 Å². The van der Waals surface area contributed by atoms with Gasteiger partial charge in [0, 0.05) is 20.4 Å². The van der Waals surface area contributed by atoms with Gasteiger partial charge in [0.25, 0.3) is 0 Å². The number of rotatable bonds is 7. The Labute approximate surface area is 186 Å². The molecule has 0 aliphatic heterocycles. The Kier molecular flexibility index (Phi) is 7.20. The fourth-order valence-corrected chi connectivity index (χ4v) is 3.32. The lowest BCUT2D eigenvalue weighted by molar-refractivity contribution is -0.882. The summed E-state index contributed by atoms with van der Waals surface area (Å²) < 4.78 is 2.55. The van der Waals surface area contributed by atoms with E-state index in [4.69, 9.17) is 16.4 Å². The maximum absolute atomic E-state index is 12.0. The van der Waals surface area contributed by atoms with Crippen molar-refractivity contribution in [3.63, 3.8) is 0 Å². The average molecular weight is 494 g/mol. The number of carbonyl (C=O) groups excluding carboxylic acids is 1. The number of aromatic nitrogens is 1. The van der Waals surface area contributed by atoms with Gasteiger partial charge >= 0.3 is 5.91 Å². The fourth-order valence-electron chi connectivity index (χ4n) is 2.77. The van der Waals surface area contributed by atoms with Gasteiger partial charge in [-0.2, -0.15) is 0 Å². The first-order valence-electron chi connectivity index (χ1n) is 9.01. The number of fused-ring (bicyclic) bond motifs is 1. The molecule has 0 fully saturated rings. The zero-order chi connectivity index (χ0) is 21.7. The van der Waals surface area contributed by atoms with Gasteiger partial charge in [0.1, 0.15) is 0 Å². The SMILES string of the molecule is C[NH+](C)Cn1c(O)c(N=NC(=O)CO/N=C\c2ccccc2Cl)c2cc(Br)ccc21. The van der Waals surface area contributed by atoms with Crippen molar-refractivity contribution in [1.82, 2.24) is 4.57 Å². The standard InChI is InChI=1S/C20H19BrClN5O3/c1-26(2)12-27-17-8-7-14(21)9-15(17)19(20(27)29)25-24-18(28)11-30-23-10-13-5-3-4-6-16(13)22/h3-10,29H,11-12H2,1-2H3/p+1/b23-10-,25-24?. The number of aromatic hydroxyl groups is 1. The summed E-state index contributed by atoms with van der Waals surface area (Å²) in [6.45, 7) is 0.128. The molecule has 0 saturated heterocycles. The highest BCUT2D eigenvalue weighted by atomic mass is 79.9. The van der Waals surface area contributed by atoms with Crippen LogP contribution in [-0.2, 0) is 16.3 Å². The van der Waals surface area contributed by atoms with E-state index in [0.29, 0.717) is 22.6 Å². The lowest BCUT2D eigenvalue weighted by Crippen LogP contribution is -3.04. The molecule has 0 radical (unpaired) electrons. The number of amides is 1. The Bertz CT molecular complexity index is 1130. The molecule has 0 aliphatic carbocycles. The summed E-state index contributed by atoms with van der Waals surface area (Å²) in [4.78, 5) is 18.1. The van der Waals surface area contributed by atoms with Crippen LogP contribution in [0.3, 0.4) is 0 Å². The van der Waals surface area contributed by atoms with Gasteiger partial charge in [-0.15, -0.1) is 10.2 Å². The number of hydrogen-bond acceptors (Lipinski definition) is 5. The Morgan fingerprint density at radius 1 is 1.30 bits per heavy atom. The molecule has 1 amide bonds. The molecule has 8 nitrogen and oxygen atoms in total. The third-order valence-corrected chi connectivity index (χ3v) is 4.90. The first-order valence-corrected chi connectivity index (χ1v) is 10.2. The zero-order valence-electron chi connectivity index (χ0n) is 16.3. The molecule has 1 aromatic heterocycles. The lowest BCUT2D eigenvalue weighted by atomic mass is 10.2. The van der Waals surface area contributed by atoms with E-state index < -0.39 is 12.5 Å². The summed E-state index contributed by atoms with van der Waals surface area (Å²) in [5.74, 6) is -0.696. The Morgan fingerprint density at radius 3 is 2.80 bits per heavy atom. The van der Waals surface area contributed by atoms with E-state index in [1.807, 2.05) is 38.4 Å². The smallest absolute Gasteiger partial charge is 0.304 e. The molecule has 0 aliphatic rings. The molecule has 0 atom stereocenters. The number of oxime groups is 1. The molecular formula is C20H20BrClN5O3+. The Balaban J connectivity index is 1.73. The van der Waals surface area contributed by atoms with Crippen molar-refractivity contribution >= 4 is 56.2 Å². The van der Waals surface area contributed by atoms with Crippen molar-refractivity contribution in [3.05, 3.63) is 57.5 Å². The molecule has 1 heterocycles. The number of benzene rings is 2. The second kappa shape index (κ2) is 9.84. The van der Waals surface area contributed by atoms with Crippen LogP contribution in [0.4, 0.5) is 5.69 Å². The minimum absolute atomic E-state index is 0.0569. The molecule has 3 rings (SSSR count). The number of hydrogen-bond donors (Lipinski definition) is 2. The van der Waals surface area contributed by atoms with Crippen LogP contribution in [0.5, 0.6) is 5.88 Å². The van der Waals surface area contributed by atoms with Crippen LogP contribution in [0.1, 0.15) is 5.56 Å². The van der Waals surface area contributed by atoms with E-state index in [1.165, 1.54) is 6.21 Å². The van der Waals surface area contributed by atoms with Crippen LogP contribution in [0, 0.1) is 0 Å². The molecule has 0 spiro atoms. The monoisotopic (exact) mass is 492 g/mol. The highest BCUT2D eigenvalue weighted by Crippen LogP contribution is 2.39. The number of quaternary nitrogens is 1. The number of azo groups is 1. The van der Waals surface area contributed by atoms with E-state index in [-0.39, 0.29) is 11.6 Å². The van der Waals surface area contributed by atoms with Gasteiger partial charge in [-0.3, -0.25) is 9.36 Å². The molecule has 3 aromatic rings. The Hall–Kier alpha value is -2.75. The van der Waals surface area contributed by atoms with E-state index in [2.05, 4.69) is 31.3 Å². The first kappa shape index (κ1) is 21.9. The van der Waals surface area contributed by atoms with Crippen molar-refractivity contribution in [1.29, 1.82) is 0 Å². The van der Waals surface area contributed by atoms with Crippen LogP contribution in [0.25, 0.3) is 10.9 Å². The summed E-state index contributed by atoms with van der Waals surface area (Å²) in [6, 6.07) is 12.7. The topological polar surface area (TPSA) is 93.0 Å². The summed E-state index contributed by atoms with van der Waals surface area (Å²) in [5.41, 5.74) is 1.68. The van der Waals surface area contributed by atoms with Crippen LogP contribution < -0.4 is 4.90 Å². The predicted molar refractivity (Wildman–Crippen MR) is 119 cm³/mol. The van der Waals surface area contributed by atoms with Crippen LogP contribution in [-0.4, -0.2) is 42.5 Å². The first-order chi connectivity index (χ1) is 14.4. The number of carbonyl (C=O) groups is 1. The van der Waals surface area contributed by atoms with Gasteiger partial charge in [0.2, 0.25) is 5.88 Å². The maximum Gasteiger partial charge on any atom is 0.304 e. The number of nitrogens with one attached hydrogen (secondary N) is 1. The van der Waals surface area contributed by atoms with Crippen molar-refractivity contribution in [2.75, 3.05) is 20.7 Å². The van der Waals surface area contributed by atoms with Gasteiger partial charge in [-0.05, 0) is 24.3 Å². The highest BCUT2D eigenvalue weighted by Gasteiger charge is 2.19. The van der Waals surface area contributed by atoms with Crippen molar-refractivity contribution in [2.45, 2.75) is 6.67 Å². The number of halogens is 2. The van der Waals surface area contributed by atoms with E-state index in [9.17, 15) is 9.90 Å². The quantitative estimate of drug-likeness (QED) is 0.300. The highest BCUT2D eigenvalue weighted by molar-refractivity contribution is 9.10. The van der Waals surface area contributed by atoms with E-state index in [1.54, 1.807) is 22.8 Å². The summed E-state index contributed by atoms with van der Waals surface area (Å²) >= 11 is 9.43. The average Bonchev–Trinajstić information content (AvgIpc) is 2.95. The second-order valence-corrected chi connectivity index (χ2v) is 8.07. The van der Waals surface area contributed by atoms with Gasteiger partial charge in [0.15, 0.2) is 19.0 Å².